The summed E-state index contributed by atoms with van der Waals surface area (Å²) in [5.41, 5.74) is 2.03. The van der Waals surface area contributed by atoms with Crippen molar-refractivity contribution in [2.75, 3.05) is 26.7 Å². The lowest BCUT2D eigenvalue weighted by molar-refractivity contribution is -0.132. The molecule has 0 unspecified atom stereocenters. The first-order chi connectivity index (χ1) is 15.4. The van der Waals surface area contributed by atoms with Crippen LogP contribution in [0.3, 0.4) is 0 Å². The fourth-order valence-electron chi connectivity index (χ4n) is 4.02. The first kappa shape index (κ1) is 22.2. The van der Waals surface area contributed by atoms with Crippen LogP contribution in [0.25, 0.3) is 11.1 Å². The number of nitrogens with zero attached hydrogens (tertiary/aromatic N) is 4. The van der Waals surface area contributed by atoms with Gasteiger partial charge in [-0.2, -0.15) is 0 Å². The Hall–Kier alpha value is -3.00. The lowest BCUT2D eigenvalue weighted by Crippen LogP contribution is -2.50. The molecule has 32 heavy (non-hydrogen) atoms. The van der Waals surface area contributed by atoms with Crippen LogP contribution in [0.4, 0.5) is 0 Å². The Morgan fingerprint density at radius 1 is 1.31 bits per heavy atom. The molecule has 0 saturated heterocycles. The van der Waals surface area contributed by atoms with Crippen LogP contribution >= 0.6 is 0 Å². The number of hydrogen-bond donors (Lipinski definition) is 1. The van der Waals surface area contributed by atoms with Gasteiger partial charge in [0.25, 0.3) is 5.91 Å². The summed E-state index contributed by atoms with van der Waals surface area (Å²) in [4.78, 5) is 37.9. The predicted molar refractivity (Wildman–Crippen MR) is 119 cm³/mol. The number of aliphatic hydroxyl groups is 1. The molecule has 0 radical (unpaired) electrons. The van der Waals surface area contributed by atoms with Gasteiger partial charge in [0.05, 0.1) is 19.2 Å². The Bertz CT molecular complexity index is 979. The van der Waals surface area contributed by atoms with Gasteiger partial charge in [0, 0.05) is 49.6 Å². The van der Waals surface area contributed by atoms with Gasteiger partial charge in [0.2, 0.25) is 11.8 Å². The Kier molecular flexibility index (Phi) is 6.41. The molecule has 2 aromatic rings. The molecule has 2 aromatic heterocycles. The number of amides is 2. The zero-order valence-corrected chi connectivity index (χ0v) is 18.8. The molecule has 1 aliphatic carbocycles. The summed E-state index contributed by atoms with van der Waals surface area (Å²) in [6.45, 7) is 4.51. The number of fused-ring (bicyclic) bond motifs is 1. The van der Waals surface area contributed by atoms with E-state index in [4.69, 9.17) is 4.74 Å². The topological polar surface area (TPSA) is 95.9 Å². The highest BCUT2D eigenvalue weighted by molar-refractivity contribution is 5.98. The lowest BCUT2D eigenvalue weighted by atomic mass is 9.99. The van der Waals surface area contributed by atoms with Crippen LogP contribution < -0.4 is 4.74 Å². The SMILES string of the molecule is C[C@H](CO)N1C[C@H](C)[C@@H](CN(C)C(=O)C2CC2)Oc2ncc(-c3ccncc3)cc2C1=O. The molecule has 2 amide bonds. The number of pyridine rings is 2. The van der Waals surface area contributed by atoms with Crippen molar-refractivity contribution >= 4 is 11.8 Å². The predicted octanol–water partition coefficient (Wildman–Crippen LogP) is 2.23. The summed E-state index contributed by atoms with van der Waals surface area (Å²) in [6, 6.07) is 5.14. The number of likely N-dealkylation sites (N-methyl/N-ethyl adjacent to an activating group) is 1. The first-order valence-electron chi connectivity index (χ1n) is 11.1. The maximum atomic E-state index is 13.5. The fraction of sp³-hybridized carbons (Fsp3) is 0.500. The molecule has 4 rings (SSSR count). The van der Waals surface area contributed by atoms with Crippen molar-refractivity contribution in [3.8, 4) is 17.0 Å². The molecule has 0 spiro atoms. The van der Waals surface area contributed by atoms with Gasteiger partial charge in [0.15, 0.2) is 0 Å². The average molecular weight is 439 g/mol. The highest BCUT2D eigenvalue weighted by Gasteiger charge is 2.37. The molecule has 170 valence electrons. The minimum atomic E-state index is -0.355. The van der Waals surface area contributed by atoms with Crippen molar-refractivity contribution < 1.29 is 19.4 Å². The van der Waals surface area contributed by atoms with E-state index in [1.54, 1.807) is 41.5 Å². The number of ether oxygens (including phenoxy) is 1. The summed E-state index contributed by atoms with van der Waals surface area (Å²) in [5, 5.41) is 9.79. The summed E-state index contributed by atoms with van der Waals surface area (Å²) < 4.78 is 6.27. The smallest absolute Gasteiger partial charge is 0.259 e. The molecule has 1 fully saturated rings. The summed E-state index contributed by atoms with van der Waals surface area (Å²) >= 11 is 0. The zero-order valence-electron chi connectivity index (χ0n) is 18.8. The second-order valence-corrected chi connectivity index (χ2v) is 8.93. The molecule has 0 bridgehead atoms. The van der Waals surface area contributed by atoms with E-state index < -0.39 is 0 Å². The van der Waals surface area contributed by atoms with E-state index in [1.807, 2.05) is 26.0 Å². The summed E-state index contributed by atoms with van der Waals surface area (Å²) in [5.74, 6) is 0.243. The van der Waals surface area contributed by atoms with Crippen LogP contribution in [0.2, 0.25) is 0 Å². The fourth-order valence-corrected chi connectivity index (χ4v) is 4.02. The Balaban J connectivity index is 1.69. The maximum absolute atomic E-state index is 13.5. The minimum absolute atomic E-state index is 0.0581. The van der Waals surface area contributed by atoms with Crippen molar-refractivity contribution in [2.45, 2.75) is 38.8 Å². The standard InChI is InChI=1S/C24H30N4O4/c1-15-12-28(16(2)14-29)24(31)20-10-19(17-6-8-25-9-7-17)11-26-22(20)32-21(15)13-27(3)23(30)18-4-5-18/h6-11,15-16,18,21,29H,4-5,12-14H2,1-3H3/t15-,16+,21+/m0/s1. The molecule has 0 aromatic carbocycles. The maximum Gasteiger partial charge on any atom is 0.259 e. The molecule has 3 atom stereocenters. The Morgan fingerprint density at radius 2 is 2.03 bits per heavy atom. The van der Waals surface area contributed by atoms with Gasteiger partial charge in [-0.05, 0) is 43.5 Å². The highest BCUT2D eigenvalue weighted by atomic mass is 16.5. The van der Waals surface area contributed by atoms with Gasteiger partial charge < -0.3 is 19.6 Å². The Morgan fingerprint density at radius 3 is 2.69 bits per heavy atom. The third-order valence-corrected chi connectivity index (χ3v) is 6.29. The molecular weight excluding hydrogens is 408 g/mol. The molecule has 1 N–H and O–H groups in total. The molecule has 3 heterocycles. The van der Waals surface area contributed by atoms with Crippen LogP contribution in [-0.4, -0.2) is 75.6 Å². The number of rotatable bonds is 6. The van der Waals surface area contributed by atoms with Crippen LogP contribution in [0, 0.1) is 11.8 Å². The van der Waals surface area contributed by atoms with E-state index in [2.05, 4.69) is 9.97 Å². The largest absolute Gasteiger partial charge is 0.472 e. The minimum Gasteiger partial charge on any atom is -0.472 e. The van der Waals surface area contributed by atoms with Gasteiger partial charge in [-0.3, -0.25) is 14.6 Å². The van der Waals surface area contributed by atoms with Gasteiger partial charge in [-0.1, -0.05) is 6.92 Å². The number of carbonyl (C=O) groups excluding carboxylic acids is 2. The van der Waals surface area contributed by atoms with Crippen LogP contribution in [0.5, 0.6) is 5.88 Å². The van der Waals surface area contributed by atoms with Crippen molar-refractivity contribution in [3.05, 3.63) is 42.4 Å². The first-order valence-corrected chi connectivity index (χ1v) is 11.1. The van der Waals surface area contributed by atoms with E-state index in [0.717, 1.165) is 24.0 Å². The van der Waals surface area contributed by atoms with E-state index in [1.165, 1.54) is 0 Å². The summed E-state index contributed by atoms with van der Waals surface area (Å²) in [7, 11) is 1.80. The molecule has 1 saturated carbocycles. The van der Waals surface area contributed by atoms with Crippen molar-refractivity contribution in [2.24, 2.45) is 11.8 Å². The number of aromatic nitrogens is 2. The second kappa shape index (κ2) is 9.24. The number of aliphatic hydroxyl groups excluding tert-OH is 1. The van der Waals surface area contributed by atoms with E-state index >= 15 is 0 Å². The van der Waals surface area contributed by atoms with Crippen LogP contribution in [-0.2, 0) is 4.79 Å². The normalized spacial score (nSPS) is 21.8. The molecular formula is C24H30N4O4. The third-order valence-electron chi connectivity index (χ3n) is 6.29. The summed E-state index contributed by atoms with van der Waals surface area (Å²) in [6.07, 6.45) is 6.63. The molecule has 1 aliphatic heterocycles. The molecule has 2 aliphatic rings. The zero-order chi connectivity index (χ0) is 22.8. The monoisotopic (exact) mass is 438 g/mol. The number of carbonyl (C=O) groups is 2. The van der Waals surface area contributed by atoms with Gasteiger partial charge in [-0.25, -0.2) is 4.98 Å². The number of hydrogen-bond acceptors (Lipinski definition) is 6. The average Bonchev–Trinajstić information content (AvgIpc) is 3.66. The quantitative estimate of drug-likeness (QED) is 0.743. The van der Waals surface area contributed by atoms with Crippen molar-refractivity contribution in [3.63, 3.8) is 0 Å². The Labute approximate surface area is 188 Å². The van der Waals surface area contributed by atoms with Crippen LogP contribution in [0.15, 0.2) is 36.8 Å². The van der Waals surface area contributed by atoms with E-state index in [-0.39, 0.29) is 48.3 Å². The van der Waals surface area contributed by atoms with E-state index in [9.17, 15) is 14.7 Å². The van der Waals surface area contributed by atoms with Gasteiger partial charge in [-0.15, -0.1) is 0 Å². The molecule has 8 nitrogen and oxygen atoms in total. The third kappa shape index (κ3) is 4.60. The van der Waals surface area contributed by atoms with Gasteiger partial charge in [0.1, 0.15) is 11.7 Å². The van der Waals surface area contributed by atoms with Crippen molar-refractivity contribution in [1.82, 2.24) is 19.8 Å². The van der Waals surface area contributed by atoms with Gasteiger partial charge >= 0.3 is 0 Å². The highest BCUT2D eigenvalue weighted by Crippen LogP contribution is 2.32. The van der Waals surface area contributed by atoms with Crippen LogP contribution in [0.1, 0.15) is 37.0 Å². The second-order valence-electron chi connectivity index (χ2n) is 8.93. The molecule has 8 heteroatoms. The lowest BCUT2D eigenvalue weighted by Gasteiger charge is -2.37. The van der Waals surface area contributed by atoms with E-state index in [0.29, 0.717) is 18.7 Å². The van der Waals surface area contributed by atoms with Crippen molar-refractivity contribution in [1.29, 1.82) is 0 Å².